The first kappa shape index (κ1) is 24.2. The smallest absolute Gasteiger partial charge is 0.332 e. The van der Waals surface area contributed by atoms with Crippen molar-refractivity contribution in [3.05, 3.63) is 55.2 Å². The van der Waals surface area contributed by atoms with Crippen molar-refractivity contribution < 1.29 is 14.8 Å². The number of aromatic hydroxyl groups is 1. The Morgan fingerprint density at radius 3 is 2.39 bits per heavy atom. The average molecular weight is 456 g/mol. The highest BCUT2D eigenvalue weighted by Crippen LogP contribution is 2.30. The highest BCUT2D eigenvalue weighted by Gasteiger charge is 2.20. The zero-order valence-corrected chi connectivity index (χ0v) is 18.2. The van der Waals surface area contributed by atoms with Crippen molar-refractivity contribution in [2.24, 2.45) is 14.1 Å². The molecule has 1 aliphatic heterocycles. The summed E-state index contributed by atoms with van der Waals surface area (Å²) in [7, 11) is 3.12. The number of aromatic nitrogens is 2. The summed E-state index contributed by atoms with van der Waals surface area (Å²) >= 11 is 0. The van der Waals surface area contributed by atoms with Gasteiger partial charge >= 0.3 is 5.69 Å². The Balaban J connectivity index is 0.00000341. The van der Waals surface area contributed by atoms with Gasteiger partial charge in [-0.3, -0.25) is 28.9 Å². The molecule has 11 nitrogen and oxygen atoms in total. The number of benzene rings is 1. The SMILES string of the molecule is Cl.Cn1c(N2CCN(CCCOc3ccc([N+](=O)[O-])cc3O)CC2)cc(=O)n(C)c1=O. The second-order valence-corrected chi connectivity index (χ2v) is 7.18. The molecule has 1 N–H and O–H groups in total. The van der Waals surface area contributed by atoms with E-state index in [1.807, 2.05) is 4.90 Å². The van der Waals surface area contributed by atoms with Crippen LogP contribution in [-0.4, -0.2) is 63.4 Å². The van der Waals surface area contributed by atoms with Crippen LogP contribution in [0, 0.1) is 10.1 Å². The summed E-state index contributed by atoms with van der Waals surface area (Å²) in [6.45, 7) is 4.12. The number of rotatable bonds is 7. The lowest BCUT2D eigenvalue weighted by molar-refractivity contribution is -0.385. The molecule has 0 aliphatic carbocycles. The van der Waals surface area contributed by atoms with Crippen LogP contribution in [0.2, 0.25) is 0 Å². The Hall–Kier alpha value is -3.05. The van der Waals surface area contributed by atoms with Crippen molar-refractivity contribution in [3.8, 4) is 11.5 Å². The fourth-order valence-corrected chi connectivity index (χ4v) is 3.44. The maximum atomic E-state index is 12.1. The molecule has 1 saturated heterocycles. The van der Waals surface area contributed by atoms with Gasteiger partial charge in [-0.15, -0.1) is 12.4 Å². The van der Waals surface area contributed by atoms with Crippen molar-refractivity contribution in [2.45, 2.75) is 6.42 Å². The van der Waals surface area contributed by atoms with E-state index in [1.54, 1.807) is 7.05 Å². The number of nitrogens with zero attached hydrogens (tertiary/aromatic N) is 5. The van der Waals surface area contributed by atoms with Crippen LogP contribution in [0.3, 0.4) is 0 Å². The highest BCUT2D eigenvalue weighted by atomic mass is 35.5. The Morgan fingerprint density at radius 2 is 1.77 bits per heavy atom. The van der Waals surface area contributed by atoms with Crippen LogP contribution in [0.15, 0.2) is 33.9 Å². The molecule has 1 aromatic carbocycles. The van der Waals surface area contributed by atoms with Gasteiger partial charge < -0.3 is 14.7 Å². The molecule has 0 bridgehead atoms. The Labute approximate surface area is 184 Å². The van der Waals surface area contributed by atoms with E-state index in [0.717, 1.165) is 36.7 Å². The lowest BCUT2D eigenvalue weighted by atomic mass is 10.2. The zero-order valence-electron chi connectivity index (χ0n) is 17.4. The van der Waals surface area contributed by atoms with E-state index in [1.165, 1.54) is 29.8 Å². The molecule has 3 rings (SSSR count). The second kappa shape index (κ2) is 10.3. The molecule has 2 heterocycles. The van der Waals surface area contributed by atoms with Crippen molar-refractivity contribution in [2.75, 3.05) is 44.2 Å². The first-order chi connectivity index (χ1) is 14.3. The molecule has 0 spiro atoms. The average Bonchev–Trinajstić information content (AvgIpc) is 2.73. The number of non-ortho nitro benzene ring substituents is 1. The van der Waals surface area contributed by atoms with E-state index < -0.39 is 4.92 Å². The van der Waals surface area contributed by atoms with Crippen LogP contribution in [-0.2, 0) is 14.1 Å². The first-order valence-corrected chi connectivity index (χ1v) is 9.62. The van der Waals surface area contributed by atoms with Gasteiger partial charge in [0, 0.05) is 59.0 Å². The van der Waals surface area contributed by atoms with Crippen LogP contribution in [0.25, 0.3) is 0 Å². The van der Waals surface area contributed by atoms with E-state index in [9.17, 15) is 24.8 Å². The van der Waals surface area contributed by atoms with Crippen molar-refractivity contribution in [1.29, 1.82) is 0 Å². The second-order valence-electron chi connectivity index (χ2n) is 7.18. The topological polar surface area (TPSA) is 123 Å². The number of hydrogen-bond donors (Lipinski definition) is 1. The van der Waals surface area contributed by atoms with E-state index in [4.69, 9.17) is 4.74 Å². The molecule has 0 atom stereocenters. The lowest BCUT2D eigenvalue weighted by Crippen LogP contribution is -2.49. The van der Waals surface area contributed by atoms with Crippen molar-refractivity contribution in [1.82, 2.24) is 14.0 Å². The molecule has 0 radical (unpaired) electrons. The normalized spacial score (nSPS) is 14.2. The number of halogens is 1. The predicted molar refractivity (Wildman–Crippen MR) is 118 cm³/mol. The zero-order chi connectivity index (χ0) is 21.8. The van der Waals surface area contributed by atoms with Gasteiger partial charge in [-0.2, -0.15) is 0 Å². The van der Waals surface area contributed by atoms with Gasteiger partial charge in [0.25, 0.3) is 11.2 Å². The Bertz CT molecular complexity index is 1050. The minimum Gasteiger partial charge on any atom is -0.504 e. The fourth-order valence-electron chi connectivity index (χ4n) is 3.44. The number of nitro benzene ring substituents is 1. The van der Waals surface area contributed by atoms with Gasteiger partial charge in [0.15, 0.2) is 11.5 Å². The van der Waals surface area contributed by atoms with Gasteiger partial charge in [-0.1, -0.05) is 0 Å². The molecule has 0 unspecified atom stereocenters. The van der Waals surface area contributed by atoms with E-state index >= 15 is 0 Å². The van der Waals surface area contributed by atoms with Crippen LogP contribution < -0.4 is 20.9 Å². The van der Waals surface area contributed by atoms with Gasteiger partial charge in [0.2, 0.25) is 0 Å². The first-order valence-electron chi connectivity index (χ1n) is 9.62. The van der Waals surface area contributed by atoms with Crippen molar-refractivity contribution >= 4 is 23.9 Å². The van der Waals surface area contributed by atoms with Crippen LogP contribution >= 0.6 is 12.4 Å². The highest BCUT2D eigenvalue weighted by molar-refractivity contribution is 5.85. The molecule has 31 heavy (non-hydrogen) atoms. The minimum atomic E-state index is -0.575. The van der Waals surface area contributed by atoms with Gasteiger partial charge in [0.1, 0.15) is 5.82 Å². The lowest BCUT2D eigenvalue weighted by Gasteiger charge is -2.36. The summed E-state index contributed by atoms with van der Waals surface area (Å²) in [5, 5.41) is 20.5. The standard InChI is InChI=1S/C19H25N5O6.ClH/c1-20-17(13-18(26)21(2)19(20)27)23-9-7-22(8-10-23)6-3-11-30-16-5-4-14(24(28)29)12-15(16)25;/h4-5,12-13,25H,3,6-11H2,1-2H3;1H. The number of hydrogen-bond acceptors (Lipinski definition) is 8. The molecule has 12 heteroatoms. The number of phenols is 1. The molecule has 1 aliphatic rings. The minimum absolute atomic E-state index is 0. The third kappa shape index (κ3) is 5.56. The third-order valence-corrected chi connectivity index (χ3v) is 5.23. The summed E-state index contributed by atoms with van der Waals surface area (Å²) in [5.41, 5.74) is -0.847. The van der Waals surface area contributed by atoms with Crippen molar-refractivity contribution in [3.63, 3.8) is 0 Å². The summed E-state index contributed by atoms with van der Waals surface area (Å²) in [6, 6.07) is 5.24. The number of ether oxygens (including phenoxy) is 1. The molecule has 0 amide bonds. The molecule has 0 saturated carbocycles. The van der Waals surface area contributed by atoms with Gasteiger partial charge in [-0.25, -0.2) is 4.79 Å². The van der Waals surface area contributed by atoms with E-state index in [0.29, 0.717) is 25.5 Å². The summed E-state index contributed by atoms with van der Waals surface area (Å²) < 4.78 is 8.09. The van der Waals surface area contributed by atoms with E-state index in [2.05, 4.69) is 4.90 Å². The molecule has 1 aromatic heterocycles. The van der Waals surface area contributed by atoms with Gasteiger partial charge in [-0.05, 0) is 12.5 Å². The molecule has 170 valence electrons. The third-order valence-electron chi connectivity index (χ3n) is 5.23. The monoisotopic (exact) mass is 455 g/mol. The maximum absolute atomic E-state index is 12.1. The maximum Gasteiger partial charge on any atom is 0.332 e. The van der Waals surface area contributed by atoms with Gasteiger partial charge in [0.05, 0.1) is 17.6 Å². The summed E-state index contributed by atoms with van der Waals surface area (Å²) in [6.07, 6.45) is 0.723. The molecule has 2 aromatic rings. The van der Waals surface area contributed by atoms with Crippen LogP contribution in [0.4, 0.5) is 11.5 Å². The predicted octanol–water partition coefficient (Wildman–Crippen LogP) is 0.711. The van der Waals surface area contributed by atoms with Crippen LogP contribution in [0.1, 0.15) is 6.42 Å². The number of phenolic OH excluding ortho intramolecular Hbond substituents is 1. The summed E-state index contributed by atoms with van der Waals surface area (Å²) in [4.78, 5) is 38.5. The number of nitro groups is 1. The number of piperazine rings is 1. The summed E-state index contributed by atoms with van der Waals surface area (Å²) in [5.74, 6) is 0.592. The van der Waals surface area contributed by atoms with Crippen LogP contribution in [0.5, 0.6) is 11.5 Å². The molecule has 1 fully saturated rings. The van der Waals surface area contributed by atoms with E-state index in [-0.39, 0.29) is 40.8 Å². The Morgan fingerprint density at radius 1 is 1.10 bits per heavy atom. The molecular weight excluding hydrogens is 430 g/mol. The molecular formula is C19H26ClN5O6. The largest absolute Gasteiger partial charge is 0.504 e. The fraction of sp³-hybridized carbons (Fsp3) is 0.474. The number of anilines is 1. The Kier molecular flexibility index (Phi) is 8.06. The quantitative estimate of drug-likeness (QED) is 0.368.